The highest BCUT2D eigenvalue weighted by Crippen LogP contribution is 2.12. The van der Waals surface area contributed by atoms with Gasteiger partial charge in [-0.2, -0.15) is 0 Å². The van der Waals surface area contributed by atoms with Gasteiger partial charge in [0.25, 0.3) is 5.56 Å². The molecule has 0 fully saturated rings. The first-order valence-corrected chi connectivity index (χ1v) is 7.69. The molecule has 2 rings (SSSR count). The molecular weight excluding hydrogens is 290 g/mol. The predicted molar refractivity (Wildman–Crippen MR) is 81.8 cm³/mol. The average Bonchev–Trinajstić information content (AvgIpc) is 2.76. The maximum absolute atomic E-state index is 12.0. The monoisotopic (exact) mass is 309 g/mol. The normalized spacial score (nSPS) is 13.0. The van der Waals surface area contributed by atoms with E-state index < -0.39 is 12.0 Å². The smallest absolute Gasteiger partial charge is 0.320 e. The van der Waals surface area contributed by atoms with E-state index in [1.54, 1.807) is 4.40 Å². The van der Waals surface area contributed by atoms with Gasteiger partial charge in [-0.3, -0.25) is 19.3 Å². The summed E-state index contributed by atoms with van der Waals surface area (Å²) in [6.45, 7) is 6.07. The minimum atomic E-state index is -0.881. The van der Waals surface area contributed by atoms with Crippen molar-refractivity contribution >= 4 is 22.3 Å². The van der Waals surface area contributed by atoms with Gasteiger partial charge in [-0.1, -0.05) is 13.8 Å². The number of carboxylic acids is 1. The number of nitrogens with zero attached hydrogens (tertiary/aromatic N) is 2. The van der Waals surface area contributed by atoms with E-state index >= 15 is 0 Å². The third-order valence-electron chi connectivity index (χ3n) is 3.16. The van der Waals surface area contributed by atoms with E-state index in [-0.39, 0.29) is 18.0 Å². The molecule has 0 spiro atoms. The zero-order chi connectivity index (χ0) is 15.6. The molecule has 1 unspecified atom stereocenters. The summed E-state index contributed by atoms with van der Waals surface area (Å²) < 4.78 is 1.55. The second kappa shape index (κ2) is 6.36. The lowest BCUT2D eigenvalue weighted by Crippen LogP contribution is -2.37. The van der Waals surface area contributed by atoms with Crippen molar-refractivity contribution in [2.45, 2.75) is 39.8 Å². The topological polar surface area (TPSA) is 83.7 Å². The average molecular weight is 309 g/mol. The molecule has 1 atom stereocenters. The Bertz CT molecular complexity index is 705. The summed E-state index contributed by atoms with van der Waals surface area (Å²) in [5.74, 6) is -0.604. The number of carbonyl (C=O) groups is 1. The van der Waals surface area contributed by atoms with E-state index in [0.29, 0.717) is 17.1 Å². The summed E-state index contributed by atoms with van der Waals surface area (Å²) in [5.41, 5.74) is 1.29. The summed E-state index contributed by atoms with van der Waals surface area (Å²) in [6, 6.07) is 0.823. The van der Waals surface area contributed by atoms with Gasteiger partial charge in [0, 0.05) is 23.7 Å². The molecule has 0 amide bonds. The number of aromatic nitrogens is 2. The van der Waals surface area contributed by atoms with Gasteiger partial charge in [0.05, 0.1) is 5.69 Å². The van der Waals surface area contributed by atoms with Gasteiger partial charge in [-0.15, -0.1) is 11.3 Å². The van der Waals surface area contributed by atoms with Crippen LogP contribution in [-0.4, -0.2) is 26.5 Å². The van der Waals surface area contributed by atoms with Gasteiger partial charge in [0.15, 0.2) is 4.96 Å². The number of fused-ring (bicyclic) bond motifs is 1. The maximum Gasteiger partial charge on any atom is 0.320 e. The molecule has 114 valence electrons. The molecule has 2 N–H and O–H groups in total. The van der Waals surface area contributed by atoms with Crippen molar-refractivity contribution in [1.82, 2.24) is 14.7 Å². The van der Waals surface area contributed by atoms with Crippen molar-refractivity contribution in [2.75, 3.05) is 0 Å². The number of hydrogen-bond donors (Lipinski definition) is 2. The Kier molecular flexibility index (Phi) is 4.74. The van der Waals surface area contributed by atoms with E-state index in [0.717, 1.165) is 5.69 Å². The van der Waals surface area contributed by atoms with Crippen molar-refractivity contribution in [3.8, 4) is 0 Å². The Morgan fingerprint density at radius 1 is 1.52 bits per heavy atom. The standard InChI is InChI=1S/C14H19N3O3S/c1-8(2)4-11(13(19)20)15-6-10-5-12(18)17-9(3)7-21-14(17)16-10/h5,7-8,11,15H,4,6H2,1-3H3,(H,19,20). The van der Waals surface area contributed by atoms with E-state index in [4.69, 9.17) is 0 Å². The van der Waals surface area contributed by atoms with Crippen LogP contribution in [0.3, 0.4) is 0 Å². The number of rotatable bonds is 6. The van der Waals surface area contributed by atoms with Gasteiger partial charge in [0.2, 0.25) is 0 Å². The number of thiazole rings is 1. The number of carboxylic acid groups (broad SMARTS) is 1. The van der Waals surface area contributed by atoms with E-state index in [1.165, 1.54) is 17.4 Å². The SMILES string of the molecule is Cc1csc2nc(CNC(CC(C)C)C(=O)O)cc(=O)n12. The van der Waals surface area contributed by atoms with Gasteiger partial charge in [-0.05, 0) is 19.3 Å². The lowest BCUT2D eigenvalue weighted by Gasteiger charge is -2.16. The molecule has 2 aromatic rings. The fraction of sp³-hybridized carbons (Fsp3) is 0.500. The number of hydrogen-bond acceptors (Lipinski definition) is 5. The van der Waals surface area contributed by atoms with Gasteiger partial charge >= 0.3 is 5.97 Å². The van der Waals surface area contributed by atoms with Crippen LogP contribution < -0.4 is 10.9 Å². The predicted octanol–water partition coefficient (Wildman–Crippen LogP) is 1.65. The first kappa shape index (κ1) is 15.7. The summed E-state index contributed by atoms with van der Waals surface area (Å²) in [4.78, 5) is 28.2. The van der Waals surface area contributed by atoms with Crippen LogP contribution in [0.2, 0.25) is 0 Å². The highest BCUT2D eigenvalue weighted by molar-refractivity contribution is 7.15. The number of nitrogens with one attached hydrogen (secondary N) is 1. The molecule has 2 heterocycles. The van der Waals surface area contributed by atoms with Crippen LogP contribution in [0.1, 0.15) is 31.7 Å². The van der Waals surface area contributed by atoms with Gasteiger partial charge in [-0.25, -0.2) is 4.98 Å². The molecule has 0 saturated heterocycles. The maximum atomic E-state index is 12.0. The molecule has 0 aromatic carbocycles. The van der Waals surface area contributed by atoms with Crippen molar-refractivity contribution in [2.24, 2.45) is 5.92 Å². The summed E-state index contributed by atoms with van der Waals surface area (Å²) >= 11 is 1.40. The number of aryl methyl sites for hydroxylation is 1. The Hall–Kier alpha value is -1.73. The summed E-state index contributed by atoms with van der Waals surface area (Å²) in [7, 11) is 0. The van der Waals surface area contributed by atoms with Gasteiger partial charge in [0.1, 0.15) is 6.04 Å². The zero-order valence-corrected chi connectivity index (χ0v) is 13.1. The minimum absolute atomic E-state index is 0.133. The molecule has 21 heavy (non-hydrogen) atoms. The van der Waals surface area contributed by atoms with Crippen molar-refractivity contribution in [1.29, 1.82) is 0 Å². The van der Waals surface area contributed by atoms with Crippen LogP contribution in [0.4, 0.5) is 0 Å². The molecule has 0 aliphatic carbocycles. The van der Waals surface area contributed by atoms with Gasteiger partial charge < -0.3 is 5.11 Å². The fourth-order valence-corrected chi connectivity index (χ4v) is 3.05. The molecular formula is C14H19N3O3S. The lowest BCUT2D eigenvalue weighted by atomic mass is 10.0. The van der Waals surface area contributed by atoms with Crippen molar-refractivity contribution < 1.29 is 9.90 Å². The molecule has 6 nitrogen and oxygen atoms in total. The lowest BCUT2D eigenvalue weighted by molar-refractivity contribution is -0.140. The molecule has 0 saturated carbocycles. The number of aliphatic carboxylic acids is 1. The first-order valence-electron chi connectivity index (χ1n) is 6.81. The third kappa shape index (κ3) is 3.68. The van der Waals surface area contributed by atoms with E-state index in [1.807, 2.05) is 26.2 Å². The van der Waals surface area contributed by atoms with E-state index in [9.17, 15) is 14.7 Å². The van der Waals surface area contributed by atoms with Crippen LogP contribution >= 0.6 is 11.3 Å². The highest BCUT2D eigenvalue weighted by Gasteiger charge is 2.18. The molecule has 0 radical (unpaired) electrons. The molecule has 7 heteroatoms. The molecule has 0 aliphatic rings. The molecule has 2 aromatic heterocycles. The largest absolute Gasteiger partial charge is 0.480 e. The summed E-state index contributed by atoms with van der Waals surface area (Å²) in [6.07, 6.45) is 0.536. The summed E-state index contributed by atoms with van der Waals surface area (Å²) in [5, 5.41) is 14.0. The van der Waals surface area contributed by atoms with Crippen LogP contribution in [0.25, 0.3) is 4.96 Å². The Morgan fingerprint density at radius 3 is 2.86 bits per heavy atom. The van der Waals surface area contributed by atoms with Crippen LogP contribution in [0.5, 0.6) is 0 Å². The molecule has 0 bridgehead atoms. The van der Waals surface area contributed by atoms with Crippen molar-refractivity contribution in [3.63, 3.8) is 0 Å². The highest BCUT2D eigenvalue weighted by atomic mass is 32.1. The quantitative estimate of drug-likeness (QED) is 0.848. The van der Waals surface area contributed by atoms with Crippen molar-refractivity contribution in [3.05, 3.63) is 33.2 Å². The fourth-order valence-electron chi connectivity index (χ4n) is 2.16. The second-order valence-electron chi connectivity index (χ2n) is 5.48. The van der Waals surface area contributed by atoms with Crippen LogP contribution in [0.15, 0.2) is 16.2 Å². The molecule has 0 aliphatic heterocycles. The Morgan fingerprint density at radius 2 is 2.24 bits per heavy atom. The Labute approximate surface area is 126 Å². The first-order chi connectivity index (χ1) is 9.88. The zero-order valence-electron chi connectivity index (χ0n) is 12.3. The van der Waals surface area contributed by atoms with Crippen LogP contribution in [0, 0.1) is 12.8 Å². The minimum Gasteiger partial charge on any atom is -0.480 e. The van der Waals surface area contributed by atoms with Crippen LogP contribution in [-0.2, 0) is 11.3 Å². The van der Waals surface area contributed by atoms with E-state index in [2.05, 4.69) is 10.3 Å². The Balaban J connectivity index is 2.16. The second-order valence-corrected chi connectivity index (χ2v) is 6.32. The third-order valence-corrected chi connectivity index (χ3v) is 4.11.